The molecule has 0 aromatic heterocycles. The third-order valence-corrected chi connectivity index (χ3v) is 3.12. The molecule has 0 bridgehead atoms. The molecule has 19 heavy (non-hydrogen) atoms. The van der Waals surface area contributed by atoms with E-state index in [1.165, 1.54) is 6.07 Å². The van der Waals surface area contributed by atoms with Crippen LogP contribution in [0.1, 0.15) is 24.1 Å². The normalized spacial score (nSPS) is 12.2. The summed E-state index contributed by atoms with van der Waals surface area (Å²) < 4.78 is 19.2. The van der Waals surface area contributed by atoms with E-state index in [9.17, 15) is 4.39 Å². The second-order valence-electron chi connectivity index (χ2n) is 4.33. The SMILES string of the molecule is CC(N)c1cccc(Cl)c1OCc1ccccc1F. The number of rotatable bonds is 4. The average molecular weight is 280 g/mol. The van der Waals surface area contributed by atoms with Crippen molar-refractivity contribution in [2.45, 2.75) is 19.6 Å². The van der Waals surface area contributed by atoms with Gasteiger partial charge in [-0.25, -0.2) is 4.39 Å². The first-order valence-electron chi connectivity index (χ1n) is 6.00. The van der Waals surface area contributed by atoms with Crippen LogP contribution >= 0.6 is 11.6 Å². The molecule has 100 valence electrons. The molecule has 1 atom stereocenters. The van der Waals surface area contributed by atoms with Gasteiger partial charge in [0.2, 0.25) is 0 Å². The standard InChI is InChI=1S/C15H15ClFNO/c1-10(18)12-6-4-7-13(16)15(12)19-9-11-5-2-3-8-14(11)17/h2-8,10H,9,18H2,1H3. The van der Waals surface area contributed by atoms with Crippen LogP contribution in [0.5, 0.6) is 5.75 Å². The fraction of sp³-hybridized carbons (Fsp3) is 0.200. The number of benzene rings is 2. The van der Waals surface area contributed by atoms with Crippen molar-refractivity contribution in [3.05, 3.63) is 64.4 Å². The van der Waals surface area contributed by atoms with E-state index in [4.69, 9.17) is 22.1 Å². The molecule has 0 spiro atoms. The van der Waals surface area contributed by atoms with Crippen molar-refractivity contribution < 1.29 is 9.13 Å². The summed E-state index contributed by atoms with van der Waals surface area (Å²) in [5.74, 6) is 0.222. The molecule has 2 aromatic rings. The summed E-state index contributed by atoms with van der Waals surface area (Å²) in [6.45, 7) is 1.97. The molecular weight excluding hydrogens is 265 g/mol. The Balaban J connectivity index is 2.22. The molecule has 0 aliphatic rings. The number of nitrogens with two attached hydrogens (primary N) is 1. The van der Waals surface area contributed by atoms with E-state index in [1.54, 1.807) is 24.3 Å². The number of para-hydroxylation sites is 1. The zero-order chi connectivity index (χ0) is 13.8. The van der Waals surface area contributed by atoms with E-state index in [0.29, 0.717) is 16.3 Å². The van der Waals surface area contributed by atoms with Crippen LogP contribution in [0.3, 0.4) is 0 Å². The van der Waals surface area contributed by atoms with Crippen molar-refractivity contribution in [2.75, 3.05) is 0 Å². The van der Waals surface area contributed by atoms with Crippen molar-refractivity contribution in [2.24, 2.45) is 5.73 Å². The molecule has 0 fully saturated rings. The Bertz CT molecular complexity index is 572. The maximum Gasteiger partial charge on any atom is 0.143 e. The van der Waals surface area contributed by atoms with Gasteiger partial charge in [-0.2, -0.15) is 0 Å². The molecule has 1 unspecified atom stereocenters. The monoisotopic (exact) mass is 279 g/mol. The minimum absolute atomic E-state index is 0.121. The summed E-state index contributed by atoms with van der Waals surface area (Å²) in [5, 5.41) is 0.478. The molecule has 2 aromatic carbocycles. The highest BCUT2D eigenvalue weighted by molar-refractivity contribution is 6.32. The lowest BCUT2D eigenvalue weighted by molar-refractivity contribution is 0.295. The minimum Gasteiger partial charge on any atom is -0.487 e. The summed E-state index contributed by atoms with van der Waals surface area (Å²) in [4.78, 5) is 0. The Morgan fingerprint density at radius 3 is 2.63 bits per heavy atom. The lowest BCUT2D eigenvalue weighted by Crippen LogP contribution is -2.08. The fourth-order valence-electron chi connectivity index (χ4n) is 1.80. The molecule has 2 nitrogen and oxygen atoms in total. The van der Waals surface area contributed by atoms with Crippen LogP contribution in [-0.4, -0.2) is 0 Å². The topological polar surface area (TPSA) is 35.2 Å². The van der Waals surface area contributed by atoms with Crippen LogP contribution in [0.15, 0.2) is 42.5 Å². The number of ether oxygens (including phenoxy) is 1. The van der Waals surface area contributed by atoms with Crippen molar-refractivity contribution in [3.8, 4) is 5.75 Å². The van der Waals surface area contributed by atoms with Crippen molar-refractivity contribution >= 4 is 11.6 Å². The lowest BCUT2D eigenvalue weighted by atomic mass is 10.1. The van der Waals surface area contributed by atoms with Crippen LogP contribution in [0.25, 0.3) is 0 Å². The Kier molecular flexibility index (Phi) is 4.40. The first kappa shape index (κ1) is 13.8. The van der Waals surface area contributed by atoms with E-state index in [2.05, 4.69) is 0 Å². The smallest absolute Gasteiger partial charge is 0.143 e. The second-order valence-corrected chi connectivity index (χ2v) is 4.73. The van der Waals surface area contributed by atoms with Gasteiger partial charge in [0, 0.05) is 17.2 Å². The van der Waals surface area contributed by atoms with Gasteiger partial charge in [-0.3, -0.25) is 0 Å². The Morgan fingerprint density at radius 2 is 1.95 bits per heavy atom. The summed E-state index contributed by atoms with van der Waals surface area (Å²) >= 11 is 6.11. The molecule has 0 aliphatic carbocycles. The fourth-order valence-corrected chi connectivity index (χ4v) is 2.04. The molecule has 2 N–H and O–H groups in total. The molecule has 0 saturated heterocycles. The van der Waals surface area contributed by atoms with Crippen LogP contribution in [0, 0.1) is 5.82 Å². The van der Waals surface area contributed by atoms with Gasteiger partial charge in [-0.15, -0.1) is 0 Å². The highest BCUT2D eigenvalue weighted by atomic mass is 35.5. The van der Waals surface area contributed by atoms with E-state index in [1.807, 2.05) is 19.1 Å². The third-order valence-electron chi connectivity index (χ3n) is 2.82. The highest BCUT2D eigenvalue weighted by Gasteiger charge is 2.12. The molecule has 0 saturated carbocycles. The van der Waals surface area contributed by atoms with Gasteiger partial charge in [-0.1, -0.05) is 41.9 Å². The van der Waals surface area contributed by atoms with Crippen molar-refractivity contribution in [1.82, 2.24) is 0 Å². The highest BCUT2D eigenvalue weighted by Crippen LogP contribution is 2.32. The predicted molar refractivity (Wildman–Crippen MR) is 74.8 cm³/mol. The quantitative estimate of drug-likeness (QED) is 0.915. The lowest BCUT2D eigenvalue weighted by Gasteiger charge is -2.15. The van der Waals surface area contributed by atoms with Crippen molar-refractivity contribution in [3.63, 3.8) is 0 Å². The van der Waals surface area contributed by atoms with Gasteiger partial charge in [-0.05, 0) is 19.1 Å². The first-order chi connectivity index (χ1) is 9.09. The Labute approximate surface area is 117 Å². The molecule has 0 heterocycles. The van der Waals surface area contributed by atoms with Gasteiger partial charge < -0.3 is 10.5 Å². The number of hydrogen-bond donors (Lipinski definition) is 1. The van der Waals surface area contributed by atoms with E-state index >= 15 is 0 Å². The summed E-state index contributed by atoms with van der Waals surface area (Å²) in [6, 6.07) is 11.7. The molecule has 4 heteroatoms. The van der Waals surface area contributed by atoms with Crippen LogP contribution in [0.2, 0.25) is 5.02 Å². The molecular formula is C15H15ClFNO. The first-order valence-corrected chi connectivity index (χ1v) is 6.37. The minimum atomic E-state index is -0.295. The van der Waals surface area contributed by atoms with Crippen LogP contribution in [0.4, 0.5) is 4.39 Å². The van der Waals surface area contributed by atoms with E-state index in [0.717, 1.165) is 5.56 Å². The predicted octanol–water partition coefficient (Wildman–Crippen LogP) is 4.08. The molecule has 0 radical (unpaired) electrons. The van der Waals surface area contributed by atoms with Gasteiger partial charge in [0.1, 0.15) is 18.2 Å². The average Bonchev–Trinajstić information content (AvgIpc) is 2.38. The third kappa shape index (κ3) is 3.25. The molecule has 2 rings (SSSR count). The summed E-state index contributed by atoms with van der Waals surface area (Å²) in [7, 11) is 0. The maximum atomic E-state index is 13.5. The molecule has 0 aliphatic heterocycles. The largest absolute Gasteiger partial charge is 0.487 e. The Hall–Kier alpha value is -1.58. The zero-order valence-electron chi connectivity index (χ0n) is 10.6. The van der Waals surface area contributed by atoms with Gasteiger partial charge in [0.05, 0.1) is 5.02 Å². The van der Waals surface area contributed by atoms with E-state index in [-0.39, 0.29) is 18.5 Å². The number of hydrogen-bond acceptors (Lipinski definition) is 2. The van der Waals surface area contributed by atoms with Gasteiger partial charge >= 0.3 is 0 Å². The van der Waals surface area contributed by atoms with Gasteiger partial charge in [0.15, 0.2) is 0 Å². The Morgan fingerprint density at radius 1 is 1.21 bits per heavy atom. The van der Waals surface area contributed by atoms with Crippen LogP contribution in [-0.2, 0) is 6.61 Å². The maximum absolute atomic E-state index is 13.5. The van der Waals surface area contributed by atoms with Crippen molar-refractivity contribution in [1.29, 1.82) is 0 Å². The van der Waals surface area contributed by atoms with E-state index < -0.39 is 0 Å². The number of halogens is 2. The zero-order valence-corrected chi connectivity index (χ0v) is 11.3. The summed E-state index contributed by atoms with van der Waals surface area (Å²) in [6.07, 6.45) is 0. The van der Waals surface area contributed by atoms with Crippen LogP contribution < -0.4 is 10.5 Å². The van der Waals surface area contributed by atoms with Gasteiger partial charge in [0.25, 0.3) is 0 Å². The second kappa shape index (κ2) is 6.04. The molecule has 0 amide bonds. The summed E-state index contributed by atoms with van der Waals surface area (Å²) in [5.41, 5.74) is 7.16.